The first-order chi connectivity index (χ1) is 46.5. The first kappa shape index (κ1) is 72.9. The molecule has 97 heavy (non-hydrogen) atoms. The van der Waals surface area contributed by atoms with Crippen molar-refractivity contribution in [1.29, 1.82) is 0 Å². The van der Waals surface area contributed by atoms with E-state index >= 15 is 18.8 Å². The highest BCUT2D eigenvalue weighted by atomic mass is 32.2. The predicted molar refractivity (Wildman–Crippen MR) is 367 cm³/mol. The summed E-state index contributed by atoms with van der Waals surface area (Å²) in [5.41, 5.74) is 15.6. The van der Waals surface area contributed by atoms with E-state index in [9.17, 15) is 38.3 Å². The molecular formula is C70H88F2N12O11S2. The molecule has 0 saturated carbocycles. The first-order valence-corrected chi connectivity index (χ1v) is 35.3. The number of ketones is 1. The van der Waals surface area contributed by atoms with Gasteiger partial charge >= 0.3 is 0 Å². The lowest BCUT2D eigenvalue weighted by Gasteiger charge is -2.37. The number of hydrogen-bond acceptors (Lipinski definition) is 15. The van der Waals surface area contributed by atoms with Crippen molar-refractivity contribution in [2.45, 2.75) is 157 Å². The van der Waals surface area contributed by atoms with Crippen LogP contribution >= 0.6 is 23.5 Å². The Balaban J connectivity index is 1.04. The lowest BCUT2D eigenvalue weighted by Crippen LogP contribution is -2.63. The van der Waals surface area contributed by atoms with E-state index in [2.05, 4.69) is 47.9 Å². The Labute approximate surface area is 570 Å². The molecule has 23 nitrogen and oxygen atoms in total. The largest absolute Gasteiger partial charge is 0.497 e. The van der Waals surface area contributed by atoms with E-state index in [1.54, 1.807) is 60.9 Å². The number of methoxy groups -OCH3 is 1. The van der Waals surface area contributed by atoms with Gasteiger partial charge in [-0.05, 0) is 135 Å². The van der Waals surface area contributed by atoms with Gasteiger partial charge < -0.3 is 73.0 Å². The molecule has 8 amide bonds. The number of aliphatic hydroxyl groups is 1. The molecule has 27 heteroatoms. The van der Waals surface area contributed by atoms with Crippen molar-refractivity contribution in [1.82, 2.24) is 51.7 Å². The number of benzene rings is 4. The molecule has 5 heterocycles. The number of carbonyl (C=O) groups is 9. The van der Waals surface area contributed by atoms with Crippen LogP contribution in [0.4, 0.5) is 8.78 Å². The van der Waals surface area contributed by atoms with Crippen LogP contribution in [0.1, 0.15) is 100.0 Å². The highest BCUT2D eigenvalue weighted by molar-refractivity contribution is 7.98. The monoisotopic (exact) mass is 1370 g/mol. The number of fused-ring (bicyclic) bond motifs is 6. The van der Waals surface area contributed by atoms with Gasteiger partial charge in [0.2, 0.25) is 47.3 Å². The lowest BCUT2D eigenvalue weighted by molar-refractivity contribution is -0.147. The van der Waals surface area contributed by atoms with Gasteiger partial charge in [-0.25, -0.2) is 8.78 Å². The van der Waals surface area contributed by atoms with Crippen LogP contribution in [0.25, 0.3) is 21.8 Å². The highest BCUT2D eigenvalue weighted by Gasteiger charge is 2.48. The van der Waals surface area contributed by atoms with Crippen LogP contribution in [0.2, 0.25) is 0 Å². The molecule has 2 saturated heterocycles. The summed E-state index contributed by atoms with van der Waals surface area (Å²) in [5.74, 6) is -5.61. The summed E-state index contributed by atoms with van der Waals surface area (Å²) in [7, 11) is 1.50. The van der Waals surface area contributed by atoms with E-state index in [4.69, 9.17) is 16.2 Å². The fourth-order valence-electron chi connectivity index (χ4n) is 12.9. The third kappa shape index (κ3) is 18.8. The fraction of sp³-hybridized carbons (Fsp3) is 0.471. The molecule has 13 N–H and O–H groups in total. The zero-order valence-corrected chi connectivity index (χ0v) is 56.7. The summed E-state index contributed by atoms with van der Waals surface area (Å²) in [4.78, 5) is 141. The Morgan fingerprint density at radius 3 is 1.97 bits per heavy atom. The van der Waals surface area contributed by atoms with E-state index in [1.165, 1.54) is 68.5 Å². The molecule has 0 spiro atoms. The quantitative estimate of drug-likeness (QED) is 0.0752. The van der Waals surface area contributed by atoms with Crippen LogP contribution < -0.4 is 48.1 Å². The van der Waals surface area contributed by atoms with E-state index in [-0.39, 0.29) is 69.8 Å². The van der Waals surface area contributed by atoms with Crippen molar-refractivity contribution in [2.24, 2.45) is 17.4 Å². The van der Waals surface area contributed by atoms with Gasteiger partial charge in [0.25, 0.3) is 0 Å². The van der Waals surface area contributed by atoms with Crippen molar-refractivity contribution in [3.05, 3.63) is 137 Å². The van der Waals surface area contributed by atoms with Gasteiger partial charge in [-0.2, -0.15) is 23.5 Å². The number of aromatic amines is 2. The van der Waals surface area contributed by atoms with Gasteiger partial charge in [0.1, 0.15) is 53.1 Å². The third-order valence-electron chi connectivity index (χ3n) is 18.3. The maximum atomic E-state index is 15.5. The average Bonchev–Trinajstić information content (AvgIpc) is 1.50. The molecule has 0 unspecified atom stereocenters. The Kier molecular flexibility index (Phi) is 25.3. The normalized spacial score (nSPS) is 25.1. The summed E-state index contributed by atoms with van der Waals surface area (Å²) in [5, 5.41) is 29.1. The number of carbonyl (C=O) groups excluding carboxylic acids is 9. The van der Waals surface area contributed by atoms with E-state index < -0.39 is 113 Å². The van der Waals surface area contributed by atoms with Crippen molar-refractivity contribution in [3.8, 4) is 5.75 Å². The number of nitrogens with zero attached hydrogens (tertiary/aromatic N) is 2. The Hall–Kier alpha value is -8.37. The number of rotatable bonds is 12. The molecule has 3 aliphatic heterocycles. The second kappa shape index (κ2) is 33.7. The SMILES string of the molecule is COc1ccc(C[C@@H]2NC(=O)[C@@H]([C@H](C)O)NC(=O)[C@H]3C[C@@H](N)CN3C(=O)[C@H](Cc3c[nH]c4ccc(F)cc34)NC(=O)[C@H](Cc3c[nH]c4ccc(F)cc34)NC(=O)[C@@H](C)CC(=O)[C@H](CCCCN)NC(=O)CCSCc3cccc(c3)CSCCNC(=O)[C@]3(C)CCCN3C2=O)cc1. The second-order valence-electron chi connectivity index (χ2n) is 25.7. The van der Waals surface area contributed by atoms with Crippen molar-refractivity contribution in [2.75, 3.05) is 44.8 Å². The van der Waals surface area contributed by atoms with E-state index in [1.807, 2.05) is 18.2 Å². The molecule has 2 fully saturated rings. The number of amides is 8. The van der Waals surface area contributed by atoms with Crippen molar-refractivity contribution in [3.63, 3.8) is 0 Å². The number of unbranched alkanes of at least 4 members (excludes halogenated alkanes) is 1. The Bertz CT molecular complexity index is 3820. The summed E-state index contributed by atoms with van der Waals surface area (Å²) in [6.45, 7) is 5.04. The average molecular weight is 1380 g/mol. The van der Waals surface area contributed by atoms with Crippen molar-refractivity contribution >= 4 is 98.4 Å². The van der Waals surface area contributed by atoms with Gasteiger partial charge in [0.15, 0.2) is 5.78 Å². The Morgan fingerprint density at radius 1 is 0.711 bits per heavy atom. The van der Waals surface area contributed by atoms with Crippen LogP contribution in [-0.2, 0) is 73.9 Å². The minimum atomic E-state index is -1.74. The van der Waals surface area contributed by atoms with Gasteiger partial charge in [-0.15, -0.1) is 0 Å². The predicted octanol–water partition coefficient (Wildman–Crippen LogP) is 4.49. The molecule has 6 aromatic rings. The van der Waals surface area contributed by atoms with Crippen LogP contribution in [0.5, 0.6) is 5.75 Å². The summed E-state index contributed by atoms with van der Waals surface area (Å²) in [6, 6.07) is 13.5. The molecule has 3 aliphatic rings. The number of nitrogens with two attached hydrogens (primary N) is 2. The van der Waals surface area contributed by atoms with Crippen LogP contribution in [-0.4, -0.2) is 177 Å². The molecule has 0 aliphatic carbocycles. The molecule has 9 rings (SSSR count). The standard InChI is InChI=1S/C70H88F2N12O11S2/c1-40-27-60(86)55(11-5-6-22-73)78-61(87)20-25-96-38-43-9-7-10-44(28-43)39-97-26-23-75-69(94)70(3)21-8-24-84(70)68(93)57(29-42-12-16-50(95-4)17-13-42)81-66(91)62(41(2)85)82-65(90)59-34-49(74)37-83(59)67(92)58(31-46-36-77-54-19-15-48(72)33-52(46)54)80-64(89)56(79-63(40)88)30-45-35-76-53-18-14-47(71)32-51(45)53/h7,9-10,12-19,28,32-33,35-36,40-41,49,55-59,62,76-77,85H,5-6,8,11,20-27,29-31,34,37-39,73-74H2,1-4H3,(H,75,94)(H,78,87)(H,79,88)(H,80,89)(H,81,91)(H,82,90)/t40-,41-,49+,55-,56-,57-,58-,59+,62+,70-/m0/s1. The lowest BCUT2D eigenvalue weighted by atomic mass is 9.95. The zero-order valence-electron chi connectivity index (χ0n) is 55.0. The summed E-state index contributed by atoms with van der Waals surface area (Å²) < 4.78 is 35.3. The van der Waals surface area contributed by atoms with Gasteiger partial charge in [-0.1, -0.05) is 43.3 Å². The Morgan fingerprint density at radius 2 is 1.33 bits per heavy atom. The van der Waals surface area contributed by atoms with Crippen molar-refractivity contribution < 1.29 is 61.8 Å². The van der Waals surface area contributed by atoms with Crippen LogP contribution in [0.15, 0.2) is 97.3 Å². The number of Topliss-reactive ketones (excluding diaryl/α,β-unsaturated/α-hetero) is 1. The van der Waals surface area contributed by atoms with E-state index in [0.29, 0.717) is 106 Å². The van der Waals surface area contributed by atoms with Crippen LogP contribution in [0, 0.1) is 17.6 Å². The number of thioether (sulfide) groups is 2. The van der Waals surface area contributed by atoms with Gasteiger partial charge in [0, 0.05) is 121 Å². The van der Waals surface area contributed by atoms with E-state index in [0.717, 1.165) is 16.0 Å². The number of H-pyrrole nitrogens is 2. The maximum absolute atomic E-state index is 15.5. The number of aromatic nitrogens is 2. The number of nitrogens with one attached hydrogen (secondary N) is 8. The molecule has 2 aromatic heterocycles. The zero-order chi connectivity index (χ0) is 69.5. The molecule has 2 bridgehead atoms. The highest BCUT2D eigenvalue weighted by Crippen LogP contribution is 2.32. The number of halogens is 2. The first-order valence-electron chi connectivity index (χ1n) is 33.0. The summed E-state index contributed by atoms with van der Waals surface area (Å²) >= 11 is 3.17. The number of aliphatic hydroxyl groups excluding tert-OH is 1. The molecule has 0 radical (unpaired) electrons. The minimum absolute atomic E-state index is 0.0766. The maximum Gasteiger partial charge on any atom is 0.246 e. The molecular weight excluding hydrogens is 1290 g/mol. The number of hydrogen-bond donors (Lipinski definition) is 11. The fourth-order valence-corrected chi connectivity index (χ4v) is 14.6. The molecule has 10 atom stereocenters. The second-order valence-corrected chi connectivity index (χ2v) is 27.9. The van der Waals surface area contributed by atoms with Gasteiger partial charge in [-0.3, -0.25) is 43.2 Å². The molecule has 4 aromatic carbocycles. The molecule has 520 valence electrons. The smallest absolute Gasteiger partial charge is 0.246 e. The van der Waals surface area contributed by atoms with Gasteiger partial charge in [0.05, 0.1) is 19.3 Å². The number of ether oxygens (including phenoxy) is 1. The van der Waals surface area contributed by atoms with Crippen LogP contribution in [0.3, 0.4) is 0 Å². The summed E-state index contributed by atoms with van der Waals surface area (Å²) in [6.07, 6.45) is 2.56. The third-order valence-corrected chi connectivity index (χ3v) is 20.4. The topological polar surface area (TPSA) is 345 Å². The minimum Gasteiger partial charge on any atom is -0.497 e.